The Bertz CT molecular complexity index is 2420. The molecule has 0 bridgehead atoms. The molecule has 0 aromatic heterocycles. The van der Waals surface area contributed by atoms with Gasteiger partial charge in [0.25, 0.3) is 0 Å². The third kappa shape index (κ3) is 17.4. The van der Waals surface area contributed by atoms with Crippen LogP contribution < -0.4 is 41.4 Å². The van der Waals surface area contributed by atoms with Gasteiger partial charge in [0.15, 0.2) is 17.6 Å². The highest BCUT2D eigenvalue weighted by Crippen LogP contribution is 2.31. The van der Waals surface area contributed by atoms with Crippen LogP contribution in [0.3, 0.4) is 0 Å². The van der Waals surface area contributed by atoms with Gasteiger partial charge in [-0.2, -0.15) is 0 Å². The summed E-state index contributed by atoms with van der Waals surface area (Å²) in [6.07, 6.45) is -12.8. The van der Waals surface area contributed by atoms with Crippen LogP contribution in [0.25, 0.3) is 4.85 Å². The van der Waals surface area contributed by atoms with E-state index < -0.39 is 165 Å². The second kappa shape index (κ2) is 28.8. The first-order valence-electron chi connectivity index (χ1n) is 25.8. The van der Waals surface area contributed by atoms with E-state index in [0.29, 0.717) is 31.0 Å². The maximum absolute atomic E-state index is 14.8. The summed E-state index contributed by atoms with van der Waals surface area (Å²) in [5.74, 6) is -7.09. The van der Waals surface area contributed by atoms with Gasteiger partial charge in [-0.15, -0.1) is 0 Å². The minimum atomic E-state index is -2.06. The van der Waals surface area contributed by atoms with Crippen LogP contribution in [0.1, 0.15) is 58.6 Å². The van der Waals surface area contributed by atoms with Crippen LogP contribution in [0.4, 0.5) is 4.79 Å². The number of β-amino-alcohol motifs (C(OH)–C–C–N with tert-alkyl or cyclic N) is 1. The topological polar surface area (TPSA) is 361 Å². The van der Waals surface area contributed by atoms with Gasteiger partial charge < -0.3 is 96.1 Å². The number of aliphatic hydroxyl groups is 6. The number of amides is 7. The maximum atomic E-state index is 14.8. The molecule has 3 aliphatic rings. The molecule has 0 aliphatic carbocycles. The Morgan fingerprint density at radius 2 is 1.45 bits per heavy atom. The Hall–Kier alpha value is -6.70. The van der Waals surface area contributed by atoms with Crippen molar-refractivity contribution < 1.29 is 83.1 Å². The second-order valence-electron chi connectivity index (χ2n) is 20.7. The maximum Gasteiger partial charge on any atom is 0.408 e. The molecule has 12 N–H and O–H groups in total. The number of methoxy groups -OCH3 is 1. The third-order valence-corrected chi connectivity index (χ3v) is 13.1. The first-order chi connectivity index (χ1) is 36.9. The minimum Gasteiger partial charge on any atom is -0.488 e. The fourth-order valence-electron chi connectivity index (χ4n) is 9.11. The molecule has 78 heavy (non-hydrogen) atoms. The van der Waals surface area contributed by atoms with Crippen LogP contribution >= 0.6 is 0 Å². The molecule has 7 amide bonds. The summed E-state index contributed by atoms with van der Waals surface area (Å²) < 4.78 is 22.7. The quantitative estimate of drug-likeness (QED) is 0.0550. The van der Waals surface area contributed by atoms with Crippen molar-refractivity contribution in [2.45, 2.75) is 139 Å². The fourth-order valence-corrected chi connectivity index (χ4v) is 9.11. The van der Waals surface area contributed by atoms with Crippen LogP contribution in [0, 0.1) is 12.5 Å². The van der Waals surface area contributed by atoms with Crippen molar-refractivity contribution in [3.8, 4) is 11.5 Å². The third-order valence-electron chi connectivity index (χ3n) is 13.1. The molecule has 5 rings (SSSR count). The predicted octanol–water partition coefficient (Wildman–Crippen LogP) is -3.16. The molecule has 0 spiro atoms. The lowest BCUT2D eigenvalue weighted by atomic mass is 9.99. The predicted molar refractivity (Wildman–Crippen MR) is 276 cm³/mol. The number of nitrogens with zero attached hydrogens (tertiary/aromatic N) is 3. The fraction of sp³-hybridized carbons (Fsp3) is 0.615. The van der Waals surface area contributed by atoms with Gasteiger partial charge in [0.1, 0.15) is 55.1 Å². The Kier molecular flexibility index (Phi) is 22.9. The summed E-state index contributed by atoms with van der Waals surface area (Å²) in [6, 6.07) is 2.93. The number of carbonyl (C=O) groups is 7. The van der Waals surface area contributed by atoms with Gasteiger partial charge in [-0.05, 0) is 51.0 Å². The first kappa shape index (κ1) is 62.1. The highest BCUT2D eigenvalue weighted by Gasteiger charge is 2.50. The number of ether oxygens (including phenoxy) is 4. The van der Waals surface area contributed by atoms with E-state index >= 15 is 0 Å². The summed E-state index contributed by atoms with van der Waals surface area (Å²) in [4.78, 5) is 104. The lowest BCUT2D eigenvalue weighted by Crippen LogP contribution is -2.64. The van der Waals surface area contributed by atoms with E-state index in [1.165, 1.54) is 6.92 Å². The number of alkyl carbamates (subject to hydrolysis) is 1. The van der Waals surface area contributed by atoms with Crippen molar-refractivity contribution in [3.05, 3.63) is 71.1 Å². The van der Waals surface area contributed by atoms with E-state index in [0.717, 1.165) is 22.3 Å². The van der Waals surface area contributed by atoms with Gasteiger partial charge in [0.2, 0.25) is 42.0 Å². The monoisotopic (exact) mass is 1100 g/mol. The normalized spacial score (nSPS) is 27.1. The minimum absolute atomic E-state index is 0.157. The van der Waals surface area contributed by atoms with Gasteiger partial charge in [-0.1, -0.05) is 43.3 Å². The molecule has 0 saturated carbocycles. The van der Waals surface area contributed by atoms with Crippen LogP contribution in [-0.4, -0.2) is 220 Å². The van der Waals surface area contributed by atoms with Gasteiger partial charge in [0, 0.05) is 65.0 Å². The Morgan fingerprint density at radius 3 is 2.12 bits per heavy atom. The Labute approximate surface area is 452 Å². The van der Waals surface area contributed by atoms with Gasteiger partial charge >= 0.3 is 6.09 Å². The van der Waals surface area contributed by atoms with Crippen LogP contribution in [-0.2, 0) is 51.3 Å². The molecule has 1 unspecified atom stereocenters. The number of benzene rings is 2. The number of fused-ring (bicyclic) bond motifs is 2. The van der Waals surface area contributed by atoms with Crippen molar-refractivity contribution in [3.63, 3.8) is 0 Å². The molecular formula is C52H75N9O17. The summed E-state index contributed by atoms with van der Waals surface area (Å²) in [6.45, 7) is 14.2. The number of aliphatic hydroxyl groups excluding tert-OH is 6. The highest BCUT2D eigenvalue weighted by atomic mass is 16.6. The summed E-state index contributed by atoms with van der Waals surface area (Å²) in [7, 11) is 1.57. The van der Waals surface area contributed by atoms with Crippen molar-refractivity contribution in [2.75, 3.05) is 59.6 Å². The number of rotatable bonds is 17. The standard InChI is InChI=1S/C52H75N9O17/c1-28-25-61-43(44(28)67)48(71)55-23-32(63)21-34(56-51(74)78-52(3,4)5)45(68)57-40(29(2)62)49(72)60-26-33(64)22-35(60)46(69)58-41(47(70)59-42(50(61)73)37(66)24-53-6)36(65)19-31-13-14-38(77-27-30-11-9-8-10-12-30)39(20-31)76-18-16-54-15-17-75-7/h8-14,20,28-29,32-37,40-44,54,62-67H,15-19,21-27H2,1-5,7H3,(H,55,71)(H,56,74)(H,57,68)(H,58,69)(H,59,70)/t28-,29+,32+,33+,34?,35-,36+,37+,40-,41-,42-,43-,44-/m0/s1. The number of hydrogen-bond donors (Lipinski definition) is 12. The highest BCUT2D eigenvalue weighted by molar-refractivity contribution is 5.98. The molecule has 26 heteroatoms. The second-order valence-corrected chi connectivity index (χ2v) is 20.7. The SMILES string of the molecule is [C-]#[N+]C[C@@H](O)[C@@H]1NC(=O)[C@H]([C@H](O)Cc2ccc(OCc3ccccc3)c(OCCNCCOC)c2)NC(=O)[C@@H]2C[C@@H](O)CN2C(=O)[C@H]([C@@H](C)O)NC(=O)C(NC(=O)OC(C)(C)C)C[C@@H](O)CNC(=O)[C@@H]2[C@@H](O)[C@@H](C)CN2C1=O. The van der Waals surface area contributed by atoms with E-state index in [4.69, 9.17) is 25.5 Å². The van der Waals surface area contributed by atoms with E-state index in [1.807, 2.05) is 30.3 Å². The average Bonchev–Trinajstić information content (AvgIpc) is 3.97. The zero-order valence-corrected chi connectivity index (χ0v) is 44.6. The molecule has 2 aromatic carbocycles. The zero-order chi connectivity index (χ0) is 57.4. The molecule has 26 nitrogen and oxygen atoms in total. The Balaban J connectivity index is 1.57. The molecule has 0 radical (unpaired) electrons. The zero-order valence-electron chi connectivity index (χ0n) is 44.6. The van der Waals surface area contributed by atoms with Crippen LogP contribution in [0.5, 0.6) is 11.5 Å². The number of nitrogens with one attached hydrogen (secondary N) is 6. The molecule has 430 valence electrons. The van der Waals surface area contributed by atoms with Gasteiger partial charge in [-0.25, -0.2) is 11.4 Å². The van der Waals surface area contributed by atoms with Crippen LogP contribution in [0.15, 0.2) is 48.5 Å². The van der Waals surface area contributed by atoms with E-state index in [1.54, 1.807) is 46.1 Å². The molecule has 3 saturated heterocycles. The summed E-state index contributed by atoms with van der Waals surface area (Å²) in [5, 5.41) is 83.0. The van der Waals surface area contributed by atoms with Crippen molar-refractivity contribution in [1.29, 1.82) is 0 Å². The smallest absolute Gasteiger partial charge is 0.408 e. The van der Waals surface area contributed by atoms with Gasteiger partial charge in [-0.3, -0.25) is 28.8 Å². The van der Waals surface area contributed by atoms with Gasteiger partial charge in [0.05, 0.1) is 37.1 Å². The first-order valence-corrected chi connectivity index (χ1v) is 25.8. The lowest BCUT2D eigenvalue weighted by Gasteiger charge is -2.33. The Morgan fingerprint density at radius 1 is 0.782 bits per heavy atom. The lowest BCUT2D eigenvalue weighted by molar-refractivity contribution is -0.147. The van der Waals surface area contributed by atoms with E-state index in [-0.39, 0.29) is 25.5 Å². The number of carbonyl (C=O) groups excluding carboxylic acids is 7. The molecule has 13 atom stereocenters. The summed E-state index contributed by atoms with van der Waals surface area (Å²) >= 11 is 0. The van der Waals surface area contributed by atoms with Crippen LogP contribution in [0.2, 0.25) is 0 Å². The molecule has 2 aromatic rings. The molecule has 3 heterocycles. The van der Waals surface area contributed by atoms with Crippen molar-refractivity contribution in [1.82, 2.24) is 41.7 Å². The molecule has 3 aliphatic heterocycles. The molecule has 3 fully saturated rings. The molecular weight excluding hydrogens is 1020 g/mol. The van der Waals surface area contributed by atoms with Crippen molar-refractivity contribution >= 4 is 41.5 Å². The number of hydrogen-bond acceptors (Lipinski definition) is 18. The largest absolute Gasteiger partial charge is 0.488 e. The average molecular weight is 1100 g/mol. The van der Waals surface area contributed by atoms with E-state index in [2.05, 4.69) is 36.7 Å². The van der Waals surface area contributed by atoms with Crippen molar-refractivity contribution in [2.24, 2.45) is 5.92 Å². The summed E-state index contributed by atoms with van der Waals surface area (Å²) in [5.41, 5.74) is 0.119. The van der Waals surface area contributed by atoms with E-state index in [9.17, 15) is 64.2 Å².